The van der Waals surface area contributed by atoms with Crippen molar-refractivity contribution in [1.82, 2.24) is 10.5 Å². The molecule has 2 aliphatic carbocycles. The van der Waals surface area contributed by atoms with Crippen LogP contribution in [0.1, 0.15) is 74.1 Å². The quantitative estimate of drug-likeness (QED) is 0.277. The summed E-state index contributed by atoms with van der Waals surface area (Å²) in [6.45, 7) is 5.32. The number of amides is 2. The first-order valence-electron chi connectivity index (χ1n) is 14.5. The first kappa shape index (κ1) is 29.7. The minimum absolute atomic E-state index is 0.00259. The number of hydrogen-bond acceptors (Lipinski definition) is 7. The summed E-state index contributed by atoms with van der Waals surface area (Å²) in [7, 11) is 0. The van der Waals surface area contributed by atoms with Crippen molar-refractivity contribution in [2.75, 3.05) is 11.4 Å². The predicted octanol–water partition coefficient (Wildman–Crippen LogP) is 6.31. The average molecular weight is 627 g/mol. The van der Waals surface area contributed by atoms with Crippen molar-refractivity contribution < 1.29 is 28.4 Å². The van der Waals surface area contributed by atoms with Gasteiger partial charge in [0.2, 0.25) is 5.91 Å². The summed E-state index contributed by atoms with van der Waals surface area (Å²) >= 11 is 13.0. The molecular weight excluding hydrogens is 593 g/mol. The van der Waals surface area contributed by atoms with Crippen LogP contribution in [0.25, 0.3) is 11.3 Å². The van der Waals surface area contributed by atoms with Gasteiger partial charge in [-0.05, 0) is 82.9 Å². The molecule has 2 saturated carbocycles. The maximum absolute atomic E-state index is 13.5. The van der Waals surface area contributed by atoms with Gasteiger partial charge < -0.3 is 24.2 Å². The molecule has 9 nitrogen and oxygen atoms in total. The normalized spacial score (nSPS) is 21.4. The van der Waals surface area contributed by atoms with Crippen molar-refractivity contribution in [2.24, 2.45) is 5.92 Å². The summed E-state index contributed by atoms with van der Waals surface area (Å²) in [5.74, 6) is -0.0525. The zero-order valence-corrected chi connectivity index (χ0v) is 25.7. The summed E-state index contributed by atoms with van der Waals surface area (Å²) in [5.41, 5.74) is 2.54. The van der Waals surface area contributed by atoms with Crippen LogP contribution in [0.15, 0.2) is 47.0 Å². The lowest BCUT2D eigenvalue weighted by Crippen LogP contribution is -2.43. The van der Waals surface area contributed by atoms with Gasteiger partial charge in [0.25, 0.3) is 5.91 Å². The van der Waals surface area contributed by atoms with E-state index in [9.17, 15) is 14.4 Å². The zero-order valence-electron chi connectivity index (χ0n) is 24.2. The average Bonchev–Trinajstić information content (AvgIpc) is 3.46. The molecular formula is C32H33Cl2N3O6. The number of nitrogens with one attached hydrogen (secondary N) is 1. The van der Waals surface area contributed by atoms with Gasteiger partial charge in [-0.25, -0.2) is 0 Å². The SMILES string of the molecule is CC(C)(C)OC(=O)CNC(=O)c1ccc(N2C(=O)[C@@H]3C[C@H]2C[C@H]3OCc2c(-c3c(Cl)cccc3Cl)noc2C2CC2)cc1. The molecule has 226 valence electrons. The van der Waals surface area contributed by atoms with E-state index in [1.54, 1.807) is 68.1 Å². The molecule has 3 aliphatic rings. The number of nitrogens with zero attached hydrogens (tertiary/aromatic N) is 2. The summed E-state index contributed by atoms with van der Waals surface area (Å²) < 4.78 is 17.4. The van der Waals surface area contributed by atoms with Gasteiger partial charge in [0, 0.05) is 34.3 Å². The van der Waals surface area contributed by atoms with E-state index in [-0.39, 0.29) is 37.1 Å². The molecule has 3 aromatic rings. The molecule has 2 amide bonds. The van der Waals surface area contributed by atoms with Crippen molar-refractivity contribution in [2.45, 2.75) is 76.7 Å². The second-order valence-electron chi connectivity index (χ2n) is 12.4. The lowest BCUT2D eigenvalue weighted by atomic mass is 10.0. The standard InChI is InChI=1S/C32H33Cl2N3O6/c1-32(2,3)42-26(38)15-35-30(39)18-9-11-19(12-10-18)37-20-13-21(31(37)40)25(14-20)41-16-22-28(36-43-29(22)17-7-8-17)27-23(33)5-4-6-24(27)34/h4-6,9-12,17,20-21,25H,7-8,13-16H2,1-3H3,(H,35,39)/t20-,21+,25+/m0/s1. The Morgan fingerprint density at radius 1 is 1.07 bits per heavy atom. The fourth-order valence-electron chi connectivity index (χ4n) is 5.97. The summed E-state index contributed by atoms with van der Waals surface area (Å²) in [6.07, 6.45) is 3.22. The van der Waals surface area contributed by atoms with E-state index in [0.717, 1.165) is 29.9 Å². The zero-order chi connectivity index (χ0) is 30.5. The van der Waals surface area contributed by atoms with Crippen LogP contribution in [0, 0.1) is 5.92 Å². The van der Waals surface area contributed by atoms with E-state index < -0.39 is 17.5 Å². The first-order chi connectivity index (χ1) is 20.5. The van der Waals surface area contributed by atoms with Crippen LogP contribution in [0.4, 0.5) is 5.69 Å². The number of piperidine rings is 1. The number of anilines is 1. The van der Waals surface area contributed by atoms with E-state index >= 15 is 0 Å². The number of aromatic nitrogens is 1. The molecule has 6 rings (SSSR count). The van der Waals surface area contributed by atoms with Crippen molar-refractivity contribution in [3.63, 3.8) is 0 Å². The molecule has 0 radical (unpaired) electrons. The van der Waals surface area contributed by atoms with Crippen molar-refractivity contribution in [3.8, 4) is 11.3 Å². The molecule has 2 bridgehead atoms. The number of halogens is 2. The van der Waals surface area contributed by atoms with E-state index in [1.165, 1.54) is 0 Å². The molecule has 1 N–H and O–H groups in total. The molecule has 43 heavy (non-hydrogen) atoms. The van der Waals surface area contributed by atoms with Crippen LogP contribution in [0.2, 0.25) is 10.0 Å². The number of rotatable bonds is 9. The molecule has 1 saturated heterocycles. The summed E-state index contributed by atoms with van der Waals surface area (Å²) in [4.78, 5) is 39.7. The molecule has 3 fully saturated rings. The van der Waals surface area contributed by atoms with E-state index in [0.29, 0.717) is 45.6 Å². The number of fused-ring (bicyclic) bond motifs is 2. The Balaban J connectivity index is 1.09. The predicted molar refractivity (Wildman–Crippen MR) is 161 cm³/mol. The maximum atomic E-state index is 13.5. The van der Waals surface area contributed by atoms with E-state index in [4.69, 9.17) is 37.2 Å². The molecule has 1 aliphatic heterocycles. The fourth-order valence-corrected chi connectivity index (χ4v) is 6.55. The monoisotopic (exact) mass is 625 g/mol. The largest absolute Gasteiger partial charge is 0.459 e. The van der Waals surface area contributed by atoms with Crippen LogP contribution in [0.3, 0.4) is 0 Å². The molecule has 11 heteroatoms. The van der Waals surface area contributed by atoms with Crippen molar-refractivity contribution >= 4 is 46.7 Å². The lowest BCUT2D eigenvalue weighted by Gasteiger charge is -2.31. The van der Waals surface area contributed by atoms with Gasteiger partial charge in [-0.1, -0.05) is 34.4 Å². The Bertz CT molecular complexity index is 1540. The van der Waals surface area contributed by atoms with Crippen LogP contribution >= 0.6 is 23.2 Å². The molecule has 1 aromatic heterocycles. The number of carbonyl (C=O) groups is 3. The van der Waals surface area contributed by atoms with Gasteiger partial charge in [0.05, 0.1) is 28.7 Å². The molecule has 2 heterocycles. The number of carbonyl (C=O) groups excluding carboxylic acids is 3. The highest BCUT2D eigenvalue weighted by atomic mass is 35.5. The first-order valence-corrected chi connectivity index (χ1v) is 15.2. The third-order valence-electron chi connectivity index (χ3n) is 8.03. The molecule has 0 unspecified atom stereocenters. The Morgan fingerprint density at radius 3 is 2.40 bits per heavy atom. The number of ether oxygens (including phenoxy) is 2. The highest BCUT2D eigenvalue weighted by molar-refractivity contribution is 6.39. The molecule has 2 aromatic carbocycles. The highest BCUT2D eigenvalue weighted by Gasteiger charge is 2.52. The highest BCUT2D eigenvalue weighted by Crippen LogP contribution is 2.47. The molecule has 3 atom stereocenters. The van der Waals surface area contributed by atoms with Gasteiger partial charge in [-0.2, -0.15) is 0 Å². The van der Waals surface area contributed by atoms with Crippen molar-refractivity contribution in [3.05, 3.63) is 69.4 Å². The van der Waals surface area contributed by atoms with Gasteiger partial charge >= 0.3 is 5.97 Å². The van der Waals surface area contributed by atoms with Crippen LogP contribution in [0.5, 0.6) is 0 Å². The lowest BCUT2D eigenvalue weighted by molar-refractivity contribution is -0.153. The Morgan fingerprint density at radius 2 is 1.77 bits per heavy atom. The number of hydrogen-bond donors (Lipinski definition) is 1. The fraction of sp³-hybridized carbons (Fsp3) is 0.438. The summed E-state index contributed by atoms with van der Waals surface area (Å²) in [6, 6.07) is 12.1. The third kappa shape index (κ3) is 6.16. The van der Waals surface area contributed by atoms with Gasteiger partial charge in [0.1, 0.15) is 23.6 Å². The van der Waals surface area contributed by atoms with Crippen molar-refractivity contribution in [1.29, 1.82) is 0 Å². The Kier molecular flexibility index (Phi) is 8.00. The van der Waals surface area contributed by atoms with Crippen LogP contribution in [-0.2, 0) is 25.7 Å². The Labute approximate surface area is 259 Å². The van der Waals surface area contributed by atoms with Crippen LogP contribution < -0.4 is 10.2 Å². The molecule has 0 spiro atoms. The van der Waals surface area contributed by atoms with Gasteiger partial charge in [-0.3, -0.25) is 14.4 Å². The topological polar surface area (TPSA) is 111 Å². The smallest absolute Gasteiger partial charge is 0.325 e. The minimum atomic E-state index is -0.626. The minimum Gasteiger partial charge on any atom is -0.459 e. The second kappa shape index (κ2) is 11.6. The second-order valence-corrected chi connectivity index (χ2v) is 13.2. The van der Waals surface area contributed by atoms with Crippen LogP contribution in [-0.4, -0.2) is 47.2 Å². The number of benzene rings is 2. The maximum Gasteiger partial charge on any atom is 0.325 e. The third-order valence-corrected chi connectivity index (χ3v) is 8.66. The van der Waals surface area contributed by atoms with E-state index in [2.05, 4.69) is 10.5 Å². The van der Waals surface area contributed by atoms with E-state index in [1.807, 2.05) is 0 Å². The summed E-state index contributed by atoms with van der Waals surface area (Å²) in [5, 5.41) is 7.88. The number of esters is 1. The Hall–Kier alpha value is -3.40. The van der Waals surface area contributed by atoms with Gasteiger partial charge in [0.15, 0.2) is 0 Å². The van der Waals surface area contributed by atoms with Gasteiger partial charge in [-0.15, -0.1) is 0 Å².